The quantitative estimate of drug-likeness (QED) is 0.671. The van der Waals surface area contributed by atoms with Crippen LogP contribution in [0, 0.1) is 0 Å². The zero-order chi connectivity index (χ0) is 19.6. The van der Waals surface area contributed by atoms with E-state index in [-0.39, 0.29) is 18.2 Å². The molecule has 27 heavy (non-hydrogen) atoms. The number of carbonyl (C=O) groups is 1. The van der Waals surface area contributed by atoms with Gasteiger partial charge in [-0.25, -0.2) is 0 Å². The molecule has 0 aliphatic heterocycles. The number of hydrogen-bond donors (Lipinski definition) is 1. The van der Waals surface area contributed by atoms with Crippen molar-refractivity contribution in [1.29, 1.82) is 0 Å². The van der Waals surface area contributed by atoms with Gasteiger partial charge >= 0.3 is 6.61 Å². The average Bonchev–Trinajstić information content (AvgIpc) is 2.66. The first-order valence-corrected chi connectivity index (χ1v) is 8.33. The van der Waals surface area contributed by atoms with E-state index in [1.165, 1.54) is 18.2 Å². The lowest BCUT2D eigenvalue weighted by Gasteiger charge is -2.11. The van der Waals surface area contributed by atoms with Gasteiger partial charge < -0.3 is 19.5 Å². The van der Waals surface area contributed by atoms with Crippen LogP contribution in [0.15, 0.2) is 48.5 Å². The van der Waals surface area contributed by atoms with E-state index in [0.29, 0.717) is 23.7 Å². The summed E-state index contributed by atoms with van der Waals surface area (Å²) in [4.78, 5) is 12.0. The highest BCUT2D eigenvalue weighted by Gasteiger charge is 2.08. The third-order valence-corrected chi connectivity index (χ3v) is 3.54. The fourth-order valence-electron chi connectivity index (χ4n) is 2.33. The van der Waals surface area contributed by atoms with Gasteiger partial charge in [0.1, 0.15) is 5.75 Å². The van der Waals surface area contributed by atoms with Gasteiger partial charge in [-0.1, -0.05) is 24.3 Å². The second-order valence-electron chi connectivity index (χ2n) is 5.39. The smallest absolute Gasteiger partial charge is 0.387 e. The highest BCUT2D eigenvalue weighted by molar-refractivity contribution is 5.92. The van der Waals surface area contributed by atoms with Crippen molar-refractivity contribution in [2.75, 3.05) is 13.7 Å². The number of para-hydroxylation sites is 1. The summed E-state index contributed by atoms with van der Waals surface area (Å²) in [5.41, 5.74) is 1.22. The van der Waals surface area contributed by atoms with Gasteiger partial charge in [0.25, 0.3) is 0 Å². The van der Waals surface area contributed by atoms with Crippen molar-refractivity contribution >= 4 is 12.0 Å². The van der Waals surface area contributed by atoms with Crippen LogP contribution in [0.3, 0.4) is 0 Å². The number of hydrogen-bond acceptors (Lipinski definition) is 4. The van der Waals surface area contributed by atoms with Gasteiger partial charge in [-0.2, -0.15) is 8.78 Å². The molecule has 2 aromatic carbocycles. The lowest BCUT2D eigenvalue weighted by Crippen LogP contribution is -2.20. The molecule has 0 atom stereocenters. The molecule has 7 heteroatoms. The van der Waals surface area contributed by atoms with Crippen LogP contribution in [-0.2, 0) is 11.3 Å². The summed E-state index contributed by atoms with van der Waals surface area (Å²) in [6.07, 6.45) is 2.69. The molecule has 2 aromatic rings. The number of halogens is 2. The van der Waals surface area contributed by atoms with Crippen molar-refractivity contribution in [3.05, 3.63) is 59.7 Å². The number of benzene rings is 2. The fourth-order valence-corrected chi connectivity index (χ4v) is 2.33. The Labute approximate surface area is 156 Å². The Morgan fingerprint density at radius 3 is 2.63 bits per heavy atom. The predicted molar refractivity (Wildman–Crippen MR) is 98.1 cm³/mol. The van der Waals surface area contributed by atoms with Crippen LogP contribution in [-0.4, -0.2) is 26.2 Å². The van der Waals surface area contributed by atoms with Crippen LogP contribution in [0.25, 0.3) is 6.08 Å². The Morgan fingerprint density at radius 2 is 1.93 bits per heavy atom. The molecule has 0 saturated heterocycles. The Balaban J connectivity index is 1.98. The zero-order valence-corrected chi connectivity index (χ0v) is 15.1. The summed E-state index contributed by atoms with van der Waals surface area (Å²) in [6, 6.07) is 11.6. The minimum absolute atomic E-state index is 0.00722. The fraction of sp³-hybridized carbons (Fsp3) is 0.250. The van der Waals surface area contributed by atoms with Gasteiger partial charge in [0.05, 0.1) is 13.7 Å². The molecule has 0 fully saturated rings. The monoisotopic (exact) mass is 377 g/mol. The molecule has 0 spiro atoms. The number of nitrogens with one attached hydrogen (secondary N) is 1. The molecule has 0 unspecified atom stereocenters. The van der Waals surface area contributed by atoms with E-state index in [0.717, 1.165) is 5.56 Å². The Kier molecular flexibility index (Phi) is 7.61. The summed E-state index contributed by atoms with van der Waals surface area (Å²) in [5, 5.41) is 2.72. The van der Waals surface area contributed by atoms with E-state index in [2.05, 4.69) is 10.1 Å². The Bertz CT molecular complexity index is 793. The highest BCUT2D eigenvalue weighted by atomic mass is 19.3. The molecule has 144 valence electrons. The number of carbonyl (C=O) groups excluding carboxylic acids is 1. The maximum Gasteiger partial charge on any atom is 0.387 e. The Hall–Kier alpha value is -3.09. The molecule has 2 rings (SSSR count). The normalized spacial score (nSPS) is 10.9. The number of amides is 1. The lowest BCUT2D eigenvalue weighted by molar-refractivity contribution is -0.116. The summed E-state index contributed by atoms with van der Waals surface area (Å²) < 4.78 is 39.9. The van der Waals surface area contributed by atoms with Crippen molar-refractivity contribution in [3.63, 3.8) is 0 Å². The summed E-state index contributed by atoms with van der Waals surface area (Å²) >= 11 is 0. The second kappa shape index (κ2) is 10.2. The summed E-state index contributed by atoms with van der Waals surface area (Å²) in [6.45, 7) is -0.248. The first kappa shape index (κ1) is 20.2. The first-order chi connectivity index (χ1) is 13.0. The van der Waals surface area contributed by atoms with Crippen molar-refractivity contribution in [2.45, 2.75) is 20.1 Å². The van der Waals surface area contributed by atoms with Crippen molar-refractivity contribution < 1.29 is 27.8 Å². The number of ether oxygens (including phenoxy) is 3. The van der Waals surface area contributed by atoms with E-state index < -0.39 is 6.61 Å². The molecule has 1 N–H and O–H groups in total. The maximum absolute atomic E-state index is 12.4. The van der Waals surface area contributed by atoms with Gasteiger partial charge in [-0.15, -0.1) is 0 Å². The standard InChI is InChI=1S/C20H21F2NO4/c1-3-26-17-10-8-14(12-18(17)25-2)13-23-19(24)11-9-15-6-4-5-7-16(15)27-20(21)22/h4-12,20H,3,13H2,1-2H3,(H,23,24)/b11-9+. The Morgan fingerprint density at radius 1 is 1.15 bits per heavy atom. The zero-order valence-electron chi connectivity index (χ0n) is 15.1. The molecule has 0 aromatic heterocycles. The SMILES string of the molecule is CCOc1ccc(CNC(=O)/C=C/c2ccccc2OC(F)F)cc1OC. The highest BCUT2D eigenvalue weighted by Crippen LogP contribution is 2.28. The minimum atomic E-state index is -2.93. The van der Waals surface area contributed by atoms with Crippen molar-refractivity contribution in [2.24, 2.45) is 0 Å². The maximum atomic E-state index is 12.4. The number of alkyl halides is 2. The van der Waals surface area contributed by atoms with Crippen LogP contribution in [0.2, 0.25) is 0 Å². The van der Waals surface area contributed by atoms with Crippen LogP contribution in [0.1, 0.15) is 18.1 Å². The van der Waals surface area contributed by atoms with E-state index in [1.807, 2.05) is 13.0 Å². The number of rotatable bonds is 9. The third-order valence-electron chi connectivity index (χ3n) is 3.54. The van der Waals surface area contributed by atoms with Crippen LogP contribution < -0.4 is 19.5 Å². The van der Waals surface area contributed by atoms with Gasteiger partial charge in [-0.3, -0.25) is 4.79 Å². The van der Waals surface area contributed by atoms with Crippen molar-refractivity contribution in [1.82, 2.24) is 5.32 Å². The van der Waals surface area contributed by atoms with Gasteiger partial charge in [0.2, 0.25) is 5.91 Å². The molecule has 0 aliphatic rings. The minimum Gasteiger partial charge on any atom is -0.493 e. The average molecular weight is 377 g/mol. The van der Waals surface area contributed by atoms with E-state index in [1.54, 1.807) is 37.4 Å². The van der Waals surface area contributed by atoms with E-state index >= 15 is 0 Å². The molecule has 0 aliphatic carbocycles. The second-order valence-corrected chi connectivity index (χ2v) is 5.39. The molecule has 1 amide bonds. The number of methoxy groups -OCH3 is 1. The predicted octanol–water partition coefficient (Wildman–Crippen LogP) is 4.02. The van der Waals surface area contributed by atoms with Gasteiger partial charge in [0, 0.05) is 18.2 Å². The van der Waals surface area contributed by atoms with Gasteiger partial charge in [-0.05, 0) is 36.8 Å². The molecule has 0 radical (unpaired) electrons. The molecule has 0 bridgehead atoms. The van der Waals surface area contributed by atoms with Crippen LogP contribution >= 0.6 is 0 Å². The largest absolute Gasteiger partial charge is 0.493 e. The molecule has 5 nitrogen and oxygen atoms in total. The van der Waals surface area contributed by atoms with E-state index in [4.69, 9.17) is 9.47 Å². The topological polar surface area (TPSA) is 56.8 Å². The van der Waals surface area contributed by atoms with Crippen molar-refractivity contribution in [3.8, 4) is 17.2 Å². The van der Waals surface area contributed by atoms with E-state index in [9.17, 15) is 13.6 Å². The van der Waals surface area contributed by atoms with Crippen LogP contribution in [0.5, 0.6) is 17.2 Å². The molecular formula is C20H21F2NO4. The van der Waals surface area contributed by atoms with Crippen LogP contribution in [0.4, 0.5) is 8.78 Å². The molecule has 0 saturated carbocycles. The molecular weight excluding hydrogens is 356 g/mol. The third kappa shape index (κ3) is 6.29. The summed E-state index contributed by atoms with van der Waals surface area (Å²) in [5.74, 6) is 0.852. The first-order valence-electron chi connectivity index (χ1n) is 8.33. The molecule has 0 heterocycles. The lowest BCUT2D eigenvalue weighted by atomic mass is 10.2. The van der Waals surface area contributed by atoms with Gasteiger partial charge in [0.15, 0.2) is 11.5 Å². The summed E-state index contributed by atoms with van der Waals surface area (Å²) in [7, 11) is 1.54.